The SMILES string of the molecule is O=S(=O)(O)[O][Cr](=[O])(=[O])[O-].O=S(=O)(O)[O][Cr](=[O])(=[O])[O-].OB(O)O.OB(O)O.[Pb+2]. The summed E-state index contributed by atoms with van der Waals surface area (Å²) in [6.45, 7) is 0. The van der Waals surface area contributed by atoms with Gasteiger partial charge in [-0.3, -0.25) is 0 Å². The monoisotopic (exact) mass is 726 g/mol. The van der Waals surface area contributed by atoms with Crippen molar-refractivity contribution in [1.29, 1.82) is 0 Å². The van der Waals surface area contributed by atoms with E-state index in [9.17, 15) is 40.4 Å². The number of rotatable bonds is 4. The van der Waals surface area contributed by atoms with Crippen molar-refractivity contribution in [2.45, 2.75) is 0 Å². The average Bonchev–Trinajstić information content (AvgIpc) is 2.00. The average molecular weight is 725 g/mol. The van der Waals surface area contributed by atoms with Crippen molar-refractivity contribution in [2.75, 3.05) is 0 Å². The van der Waals surface area contributed by atoms with Crippen molar-refractivity contribution in [2.24, 2.45) is 0 Å². The molecule has 0 fully saturated rings. The van der Waals surface area contributed by atoms with Crippen molar-refractivity contribution >= 4 is 62.7 Å². The molecule has 20 nitrogen and oxygen atoms in total. The zero-order chi connectivity index (χ0) is 22.6. The van der Waals surface area contributed by atoms with E-state index in [1.54, 1.807) is 0 Å². The van der Waals surface area contributed by atoms with Crippen LogP contribution in [0.5, 0.6) is 0 Å². The standard InChI is InChI=1S/2BH3O3.2Cr.2H2O4S.6O.Pb/c2*2-1(3)4;;;2*1-5(2,3)4;;;;;;;/h2*2-4H;;;2*(H2,1,2,3,4);;;;;;;/q;;2*+1;;;;;;;2*-1;+2/p-2. The first kappa shape index (κ1) is 38.4. The van der Waals surface area contributed by atoms with Crippen LogP contribution in [0.25, 0.3) is 0 Å². The van der Waals surface area contributed by atoms with E-state index in [0.29, 0.717) is 0 Å². The number of hydrogen-bond acceptors (Lipinski definition) is 18. The summed E-state index contributed by atoms with van der Waals surface area (Å²) in [5.74, 6) is 0. The van der Waals surface area contributed by atoms with Gasteiger partial charge in [-0.25, -0.2) is 0 Å². The van der Waals surface area contributed by atoms with Crippen molar-refractivity contribution in [3.05, 3.63) is 0 Å². The van der Waals surface area contributed by atoms with Crippen molar-refractivity contribution in [3.63, 3.8) is 0 Å². The Kier molecular flexibility index (Phi) is 23.5. The van der Waals surface area contributed by atoms with Gasteiger partial charge in [-0.2, -0.15) is 0 Å². The zero-order valence-corrected chi connectivity index (χ0v) is 19.8. The fourth-order valence-electron chi connectivity index (χ4n) is 0.211. The smallest absolute Gasteiger partial charge is 0.402 e. The first-order valence-corrected chi connectivity index (χ1v) is 11.1. The van der Waals surface area contributed by atoms with Gasteiger partial charge in [0.2, 0.25) is 0 Å². The molecule has 0 amide bonds. The Morgan fingerprint density at radius 3 is 0.741 bits per heavy atom. The predicted molar refractivity (Wildman–Crippen MR) is 58.6 cm³/mol. The molecule has 0 heterocycles. The maximum Gasteiger partial charge on any atom is 2.00 e. The fourth-order valence-corrected chi connectivity index (χ4v) is 2.61. The quantitative estimate of drug-likeness (QED) is 0.0985. The minimum atomic E-state index is -6.04. The van der Waals surface area contributed by atoms with E-state index in [-0.39, 0.29) is 27.3 Å². The fraction of sp³-hybridized carbons (Fsp3) is 0. The third-order valence-electron chi connectivity index (χ3n) is 0.339. The van der Waals surface area contributed by atoms with Gasteiger partial charge in [-0.15, -0.1) is 0 Å². The van der Waals surface area contributed by atoms with Gasteiger partial charge >= 0.3 is 146 Å². The van der Waals surface area contributed by atoms with Crippen LogP contribution >= 0.6 is 0 Å². The van der Waals surface area contributed by atoms with Crippen LogP contribution in [0, 0.1) is 0 Å². The Labute approximate surface area is 175 Å². The van der Waals surface area contributed by atoms with Crippen LogP contribution in [0.1, 0.15) is 0 Å². The summed E-state index contributed by atoms with van der Waals surface area (Å²) >= 11 is -12.1. The maximum atomic E-state index is 9.42. The molecule has 8 N–H and O–H groups in total. The summed E-state index contributed by atoms with van der Waals surface area (Å²) in [5.41, 5.74) is 0. The Hall–Kier alpha value is 0.737. The van der Waals surface area contributed by atoms with E-state index >= 15 is 0 Å². The third-order valence-corrected chi connectivity index (χ3v) is 4.19. The molecule has 0 aliphatic heterocycles. The second-order valence-electron chi connectivity index (χ2n) is 2.50. The molecule has 0 aromatic rings. The Bertz CT molecular complexity index is 622. The van der Waals surface area contributed by atoms with E-state index in [1.165, 1.54) is 0 Å². The summed E-state index contributed by atoms with van der Waals surface area (Å²) in [6.07, 6.45) is 0. The minimum Gasteiger partial charge on any atom is -0.402 e. The van der Waals surface area contributed by atoms with Crippen LogP contribution in [0.4, 0.5) is 0 Å². The molecule has 0 bridgehead atoms. The second kappa shape index (κ2) is 16.5. The van der Waals surface area contributed by atoms with Gasteiger partial charge in [0, 0.05) is 0 Å². The molecule has 0 aromatic heterocycles. The van der Waals surface area contributed by atoms with Crippen molar-refractivity contribution < 1.29 is 113 Å². The molecule has 0 atom stereocenters. The first-order valence-electron chi connectivity index (χ1n) is 4.25. The van der Waals surface area contributed by atoms with Gasteiger partial charge in [-0.05, 0) is 0 Å². The molecule has 27 heteroatoms. The van der Waals surface area contributed by atoms with Crippen LogP contribution in [0.2, 0.25) is 0 Å². The largest absolute Gasteiger partial charge is 2.00 e. The van der Waals surface area contributed by atoms with E-state index < -0.39 is 62.7 Å². The van der Waals surface area contributed by atoms with Crippen LogP contribution in [0.3, 0.4) is 0 Å². The Balaban J connectivity index is -0.0000000843. The van der Waals surface area contributed by atoms with Crippen LogP contribution in [-0.2, 0) is 69.7 Å². The first-order chi connectivity index (χ1) is 10.9. The molecule has 0 aliphatic carbocycles. The molecule has 0 saturated carbocycles. The van der Waals surface area contributed by atoms with Crippen LogP contribution in [-0.4, -0.2) is 98.0 Å². The molecular weight excluding hydrogens is 717 g/mol. The molecule has 0 saturated heterocycles. The molecular formula is H8B2Cr2O20PbS2. The summed E-state index contributed by atoms with van der Waals surface area (Å²) < 4.78 is 114. The van der Waals surface area contributed by atoms with Crippen molar-refractivity contribution in [1.82, 2.24) is 0 Å². The molecule has 0 spiro atoms. The minimum absolute atomic E-state index is 0. The summed E-state index contributed by atoms with van der Waals surface area (Å²) in [7, 11) is -14.6. The second-order valence-corrected chi connectivity index (χ2v) is 8.31. The predicted octanol–water partition coefficient (Wildman–Crippen LogP) is -8.80. The third kappa shape index (κ3) is 101. The number of hydrogen-bond donors (Lipinski definition) is 8. The van der Waals surface area contributed by atoms with Crippen molar-refractivity contribution in [3.8, 4) is 0 Å². The van der Waals surface area contributed by atoms with Gasteiger partial charge in [0.05, 0.1) is 0 Å². The summed E-state index contributed by atoms with van der Waals surface area (Å²) in [5, 5.41) is 43.0. The Morgan fingerprint density at radius 1 is 0.630 bits per heavy atom. The zero-order valence-electron chi connectivity index (χ0n) is 11.8. The van der Waals surface area contributed by atoms with Gasteiger partial charge in [-0.1, -0.05) is 0 Å². The normalized spacial score (nSPS) is 11.0. The molecule has 0 aliphatic rings. The molecule has 0 rings (SSSR count). The van der Waals surface area contributed by atoms with E-state index in [0.717, 1.165) is 0 Å². The Morgan fingerprint density at radius 2 is 0.741 bits per heavy atom. The van der Waals surface area contributed by atoms with E-state index in [1.807, 2.05) is 0 Å². The van der Waals surface area contributed by atoms with E-state index in [4.69, 9.17) is 39.2 Å². The molecule has 2 radical (unpaired) electrons. The van der Waals surface area contributed by atoms with Crippen LogP contribution in [0.15, 0.2) is 0 Å². The van der Waals surface area contributed by atoms with Gasteiger partial charge < -0.3 is 30.1 Å². The molecule has 0 aromatic carbocycles. The van der Waals surface area contributed by atoms with E-state index in [2.05, 4.69) is 6.47 Å². The summed E-state index contributed by atoms with van der Waals surface area (Å²) in [4.78, 5) is 0. The van der Waals surface area contributed by atoms with Gasteiger partial charge in [0.25, 0.3) is 0 Å². The molecule has 0 unspecified atom stereocenters. The maximum absolute atomic E-state index is 9.42. The molecule has 27 heavy (non-hydrogen) atoms. The molecule has 162 valence electrons. The van der Waals surface area contributed by atoms with Gasteiger partial charge in [0.1, 0.15) is 0 Å². The van der Waals surface area contributed by atoms with Crippen LogP contribution < -0.4 is 8.32 Å². The van der Waals surface area contributed by atoms with Gasteiger partial charge in [0.15, 0.2) is 0 Å². The topological polar surface area (TPSA) is 363 Å². The summed E-state index contributed by atoms with van der Waals surface area (Å²) in [6, 6.07) is 0.